The number of primary amides is 1. The van der Waals surface area contributed by atoms with Gasteiger partial charge in [-0.1, -0.05) is 18.2 Å². The summed E-state index contributed by atoms with van der Waals surface area (Å²) in [5.74, 6) is -1.46. The van der Waals surface area contributed by atoms with Gasteiger partial charge in [0.1, 0.15) is 18.4 Å². The van der Waals surface area contributed by atoms with E-state index in [0.29, 0.717) is 27.9 Å². The number of aliphatic imine (C=N–C) groups is 1. The molecule has 206 valence electrons. The molecule has 2 unspecified atom stereocenters. The minimum Gasteiger partial charge on any atom is -0.364 e. The molecule has 3 aromatic rings. The molecule has 1 aliphatic carbocycles. The first-order valence-electron chi connectivity index (χ1n) is 13.0. The van der Waals surface area contributed by atoms with Gasteiger partial charge in [0.05, 0.1) is 5.52 Å². The zero-order valence-electron chi connectivity index (χ0n) is 22.3. The van der Waals surface area contributed by atoms with Gasteiger partial charge >= 0.3 is 0 Å². The molecule has 11 heteroatoms. The average Bonchev–Trinajstić information content (AvgIpc) is 3.65. The van der Waals surface area contributed by atoms with Crippen LogP contribution in [0, 0.1) is 12.8 Å². The highest BCUT2D eigenvalue weighted by Crippen LogP contribution is 2.43. The predicted molar refractivity (Wildman–Crippen MR) is 150 cm³/mol. The number of fused-ring (bicyclic) bond motifs is 3. The van der Waals surface area contributed by atoms with Crippen molar-refractivity contribution in [1.29, 1.82) is 0 Å². The molecule has 1 saturated carbocycles. The lowest BCUT2D eigenvalue weighted by Crippen LogP contribution is -2.52. The number of benzene rings is 1. The van der Waals surface area contributed by atoms with Crippen molar-refractivity contribution in [1.82, 2.24) is 19.7 Å². The SMILES string of the molecule is C=N/C(F)=C\C=C(/C)c1ccc2c(c1)c(C(N)=O)nn2CC(=O)N1C2CCC(C2)[C@H]1C(=O)Nc1cccc(C)n1. The fraction of sp³-hybridized carbons (Fsp3) is 0.310. The van der Waals surface area contributed by atoms with E-state index in [4.69, 9.17) is 5.73 Å². The van der Waals surface area contributed by atoms with Gasteiger partial charge in [0.2, 0.25) is 17.8 Å². The van der Waals surface area contributed by atoms with Gasteiger partial charge in [-0.3, -0.25) is 19.1 Å². The average molecular weight is 544 g/mol. The second kappa shape index (κ2) is 10.8. The predicted octanol–water partition coefficient (Wildman–Crippen LogP) is 3.77. The number of hydrogen-bond donors (Lipinski definition) is 2. The number of allylic oxidation sites excluding steroid dienone is 3. The van der Waals surface area contributed by atoms with Gasteiger partial charge in [0.25, 0.3) is 5.91 Å². The maximum atomic E-state index is 13.7. The Morgan fingerprint density at radius 3 is 2.75 bits per heavy atom. The number of amides is 3. The summed E-state index contributed by atoms with van der Waals surface area (Å²) in [6, 6.07) is 10.00. The molecule has 1 saturated heterocycles. The number of carbonyl (C=O) groups excluding carboxylic acids is 3. The molecule has 0 spiro atoms. The fourth-order valence-electron chi connectivity index (χ4n) is 5.78. The van der Waals surface area contributed by atoms with Crippen LogP contribution >= 0.6 is 0 Å². The van der Waals surface area contributed by atoms with E-state index in [9.17, 15) is 18.8 Å². The molecular weight excluding hydrogens is 513 g/mol. The lowest BCUT2D eigenvalue weighted by Gasteiger charge is -2.34. The van der Waals surface area contributed by atoms with Gasteiger partial charge in [0.15, 0.2) is 5.69 Å². The molecule has 2 aliphatic rings. The van der Waals surface area contributed by atoms with Crippen LogP contribution in [0.4, 0.5) is 10.2 Å². The maximum Gasteiger partial charge on any atom is 0.269 e. The Kier molecular flexibility index (Phi) is 7.29. The van der Waals surface area contributed by atoms with Gasteiger partial charge in [-0.15, -0.1) is 0 Å². The number of nitrogens with zero attached hydrogens (tertiary/aromatic N) is 5. The highest BCUT2D eigenvalue weighted by atomic mass is 19.1. The molecule has 3 heterocycles. The highest BCUT2D eigenvalue weighted by molar-refractivity contribution is 6.05. The van der Waals surface area contributed by atoms with Gasteiger partial charge in [-0.25, -0.2) is 9.98 Å². The number of likely N-dealkylation sites (tertiary alicyclic amines) is 1. The summed E-state index contributed by atoms with van der Waals surface area (Å²) in [5, 5.41) is 7.71. The molecule has 2 bridgehead atoms. The third-order valence-electron chi connectivity index (χ3n) is 7.63. The van der Waals surface area contributed by atoms with Crippen molar-refractivity contribution in [2.75, 3.05) is 5.32 Å². The second-order valence-electron chi connectivity index (χ2n) is 10.2. The number of carbonyl (C=O) groups is 3. The zero-order chi connectivity index (χ0) is 28.6. The number of pyridine rings is 1. The molecular formula is C29H30FN7O3. The number of nitrogens with one attached hydrogen (secondary N) is 1. The Labute approximate surface area is 230 Å². The van der Waals surface area contributed by atoms with Crippen molar-refractivity contribution < 1.29 is 18.8 Å². The smallest absolute Gasteiger partial charge is 0.269 e. The van der Waals surface area contributed by atoms with Crippen LogP contribution in [0.2, 0.25) is 0 Å². The summed E-state index contributed by atoms with van der Waals surface area (Å²) >= 11 is 0. The molecule has 10 nitrogen and oxygen atoms in total. The Morgan fingerprint density at radius 1 is 1.23 bits per heavy atom. The van der Waals surface area contributed by atoms with Crippen LogP contribution < -0.4 is 11.1 Å². The summed E-state index contributed by atoms with van der Waals surface area (Å²) in [6.07, 6.45) is 5.21. The molecule has 1 aromatic carbocycles. The van der Waals surface area contributed by atoms with Crippen LogP contribution in [0.5, 0.6) is 0 Å². The minimum atomic E-state index is -0.736. The van der Waals surface area contributed by atoms with Crippen molar-refractivity contribution in [3.63, 3.8) is 0 Å². The van der Waals surface area contributed by atoms with E-state index in [1.54, 1.807) is 42.2 Å². The van der Waals surface area contributed by atoms with Gasteiger partial charge in [-0.05, 0) is 87.2 Å². The summed E-state index contributed by atoms with van der Waals surface area (Å²) < 4.78 is 14.8. The van der Waals surface area contributed by atoms with E-state index in [2.05, 4.69) is 27.1 Å². The lowest BCUT2D eigenvalue weighted by atomic mass is 9.97. The summed E-state index contributed by atoms with van der Waals surface area (Å²) in [5.41, 5.74) is 8.40. The third kappa shape index (κ3) is 5.14. The highest BCUT2D eigenvalue weighted by Gasteiger charge is 2.51. The first-order chi connectivity index (χ1) is 19.2. The quantitative estimate of drug-likeness (QED) is 0.253. The van der Waals surface area contributed by atoms with Crippen molar-refractivity contribution >= 4 is 46.7 Å². The van der Waals surface area contributed by atoms with Crippen molar-refractivity contribution in [2.45, 2.75) is 51.7 Å². The second-order valence-corrected chi connectivity index (χ2v) is 10.2. The van der Waals surface area contributed by atoms with Gasteiger partial charge in [-0.2, -0.15) is 9.49 Å². The number of halogens is 1. The molecule has 3 amide bonds. The summed E-state index contributed by atoms with van der Waals surface area (Å²) in [4.78, 5) is 48.5. The fourth-order valence-corrected chi connectivity index (χ4v) is 5.78. The van der Waals surface area contributed by atoms with E-state index >= 15 is 0 Å². The van der Waals surface area contributed by atoms with Crippen LogP contribution in [0.3, 0.4) is 0 Å². The number of anilines is 1. The number of rotatable bonds is 8. The molecule has 2 aromatic heterocycles. The maximum absolute atomic E-state index is 13.7. The van der Waals surface area contributed by atoms with Gasteiger partial charge < -0.3 is 16.0 Å². The standard InChI is InChI=1S/C29H30FN7O3/c1-16(7-12-23(30)32-3)18-9-11-22-21(14-18)26(28(31)39)35-36(22)15-25(38)37-20-10-8-19(13-20)27(37)29(40)34-24-6-4-5-17(2)33-24/h4-7,9,11-12,14,19-20,27H,3,8,10,13,15H2,1-2H3,(H2,31,39)(H,33,34,40)/b16-7+,23-12-/t19?,20?,27-/m0/s1. The van der Waals surface area contributed by atoms with Gasteiger partial charge in [0, 0.05) is 17.1 Å². The number of aryl methyl sites for hydroxylation is 1. The molecule has 2 fully saturated rings. The first kappa shape index (κ1) is 26.9. The van der Waals surface area contributed by atoms with E-state index < -0.39 is 17.9 Å². The molecule has 0 radical (unpaired) electrons. The van der Waals surface area contributed by atoms with Crippen molar-refractivity contribution in [3.05, 3.63) is 71.5 Å². The van der Waals surface area contributed by atoms with Crippen LogP contribution in [-0.2, 0) is 16.1 Å². The minimum absolute atomic E-state index is 0.0229. The van der Waals surface area contributed by atoms with Crippen LogP contribution in [-0.4, -0.2) is 56.2 Å². The Morgan fingerprint density at radius 2 is 2.02 bits per heavy atom. The van der Waals surface area contributed by atoms with E-state index in [1.165, 1.54) is 10.8 Å². The normalized spacial score (nSPS) is 20.7. The number of nitrogens with two attached hydrogens (primary N) is 1. The van der Waals surface area contributed by atoms with Crippen LogP contribution in [0.15, 0.2) is 59.5 Å². The van der Waals surface area contributed by atoms with E-state index in [-0.39, 0.29) is 36.0 Å². The van der Waals surface area contributed by atoms with Crippen molar-refractivity contribution in [3.8, 4) is 0 Å². The largest absolute Gasteiger partial charge is 0.364 e. The molecule has 1 aliphatic heterocycles. The first-order valence-corrected chi connectivity index (χ1v) is 13.0. The van der Waals surface area contributed by atoms with E-state index in [1.807, 2.05) is 19.1 Å². The Balaban J connectivity index is 1.42. The van der Waals surface area contributed by atoms with Crippen LogP contribution in [0.25, 0.3) is 16.5 Å². The lowest BCUT2D eigenvalue weighted by molar-refractivity contribution is -0.141. The molecule has 3 N–H and O–H groups in total. The van der Waals surface area contributed by atoms with Crippen molar-refractivity contribution in [2.24, 2.45) is 16.6 Å². The number of aromatic nitrogens is 3. The zero-order valence-corrected chi connectivity index (χ0v) is 22.3. The number of piperidine rings is 1. The summed E-state index contributed by atoms with van der Waals surface area (Å²) in [6.45, 7) is 6.61. The van der Waals surface area contributed by atoms with Crippen LogP contribution in [0.1, 0.15) is 47.9 Å². The summed E-state index contributed by atoms with van der Waals surface area (Å²) in [7, 11) is 0. The number of hydrogen-bond acceptors (Lipinski definition) is 6. The Hall–Kier alpha value is -4.67. The Bertz CT molecular complexity index is 1590. The van der Waals surface area contributed by atoms with E-state index in [0.717, 1.165) is 25.0 Å². The topological polar surface area (TPSA) is 136 Å². The third-order valence-corrected chi connectivity index (χ3v) is 7.63. The molecule has 40 heavy (non-hydrogen) atoms. The molecule has 5 rings (SSSR count). The molecule has 3 atom stereocenters. The monoisotopic (exact) mass is 543 g/mol.